The van der Waals surface area contributed by atoms with Crippen molar-refractivity contribution in [3.63, 3.8) is 0 Å². The lowest BCUT2D eigenvalue weighted by Crippen LogP contribution is -2.35. The first-order valence-corrected chi connectivity index (χ1v) is 12.1. The van der Waals surface area contributed by atoms with Crippen LogP contribution in [0.4, 0.5) is 5.69 Å². The molecule has 2 aliphatic heterocycles. The Hall–Kier alpha value is -1.92. The Bertz CT molecular complexity index is 1070. The summed E-state index contributed by atoms with van der Waals surface area (Å²) in [6, 6.07) is 10.9. The number of carbonyl (C=O) groups excluding carboxylic acids is 1. The quantitative estimate of drug-likeness (QED) is 0.422. The minimum absolute atomic E-state index is 0. The molecule has 0 bridgehead atoms. The van der Waals surface area contributed by atoms with E-state index in [9.17, 15) is 4.79 Å². The zero-order valence-electron chi connectivity index (χ0n) is 19.8. The van der Waals surface area contributed by atoms with Gasteiger partial charge >= 0.3 is 0 Å². The highest BCUT2D eigenvalue weighted by Gasteiger charge is 2.31. The van der Waals surface area contributed by atoms with E-state index in [0.29, 0.717) is 40.3 Å². The van der Waals surface area contributed by atoms with Gasteiger partial charge in [-0.3, -0.25) is 9.69 Å². The number of halogens is 3. The third-order valence-electron chi connectivity index (χ3n) is 6.49. The number of ether oxygens (including phenoxy) is 2. The van der Waals surface area contributed by atoms with Crippen LogP contribution in [0.5, 0.6) is 11.5 Å². The maximum Gasteiger partial charge on any atom is 0.259 e. The van der Waals surface area contributed by atoms with Crippen LogP contribution in [0.1, 0.15) is 32.3 Å². The number of methoxy groups -OCH3 is 1. The standard InChI is InChI=1S/C26H30Cl2N2O3.ClH/c1-17-8-10-29(11-9-17)12-13-33-24-15-20(5-7-23(24)32-3)30-16-18(2)25(26(30)31)19-4-6-21(27)22(28)14-19;/h4-7,14-15,17H,8-13,16H2,1-3H3;1H. The lowest BCUT2D eigenvalue weighted by atomic mass is 9.99. The minimum atomic E-state index is -0.0653. The maximum absolute atomic E-state index is 13.3. The van der Waals surface area contributed by atoms with Gasteiger partial charge in [-0.1, -0.05) is 36.2 Å². The highest BCUT2D eigenvalue weighted by atomic mass is 35.5. The van der Waals surface area contributed by atoms with Crippen molar-refractivity contribution < 1.29 is 14.3 Å². The number of anilines is 1. The molecular weight excluding hydrogens is 495 g/mol. The first kappa shape index (κ1) is 26.7. The van der Waals surface area contributed by atoms with Gasteiger partial charge < -0.3 is 14.4 Å². The zero-order valence-corrected chi connectivity index (χ0v) is 22.1. The van der Waals surface area contributed by atoms with E-state index in [-0.39, 0.29) is 18.3 Å². The largest absolute Gasteiger partial charge is 0.493 e. The molecule has 0 N–H and O–H groups in total. The molecule has 0 saturated carbocycles. The van der Waals surface area contributed by atoms with Crippen molar-refractivity contribution in [2.24, 2.45) is 5.92 Å². The van der Waals surface area contributed by atoms with E-state index < -0.39 is 0 Å². The summed E-state index contributed by atoms with van der Waals surface area (Å²) < 4.78 is 11.6. The van der Waals surface area contributed by atoms with Crippen LogP contribution in [0, 0.1) is 5.92 Å². The van der Waals surface area contributed by atoms with E-state index in [1.54, 1.807) is 24.1 Å². The number of likely N-dealkylation sites (tertiary alicyclic amines) is 1. The third-order valence-corrected chi connectivity index (χ3v) is 7.23. The number of piperidine rings is 1. The van der Waals surface area contributed by atoms with Crippen LogP contribution in [-0.4, -0.2) is 50.7 Å². The van der Waals surface area contributed by atoms with Crippen molar-refractivity contribution in [3.05, 3.63) is 57.6 Å². The molecule has 2 aromatic carbocycles. The first-order chi connectivity index (χ1) is 15.9. The molecular formula is C26H31Cl3N2O3. The van der Waals surface area contributed by atoms with Crippen molar-refractivity contribution >= 4 is 52.8 Å². The van der Waals surface area contributed by atoms with Crippen molar-refractivity contribution in [1.29, 1.82) is 0 Å². The summed E-state index contributed by atoms with van der Waals surface area (Å²) in [5, 5.41) is 0.904. The predicted molar refractivity (Wildman–Crippen MR) is 142 cm³/mol. The molecule has 0 radical (unpaired) electrons. The normalized spacial score (nSPS) is 17.2. The van der Waals surface area contributed by atoms with E-state index in [0.717, 1.165) is 42.4 Å². The number of hydrogen-bond acceptors (Lipinski definition) is 4. The van der Waals surface area contributed by atoms with Crippen molar-refractivity contribution in [3.8, 4) is 11.5 Å². The molecule has 0 atom stereocenters. The summed E-state index contributed by atoms with van der Waals surface area (Å²) in [4.78, 5) is 17.5. The number of rotatable bonds is 7. The van der Waals surface area contributed by atoms with E-state index in [1.165, 1.54) is 12.8 Å². The fourth-order valence-corrected chi connectivity index (χ4v) is 4.75. The van der Waals surface area contributed by atoms with Gasteiger partial charge in [0.25, 0.3) is 5.91 Å². The number of nitrogens with zero attached hydrogens (tertiary/aromatic N) is 2. The summed E-state index contributed by atoms with van der Waals surface area (Å²) in [5.74, 6) is 2.05. The lowest BCUT2D eigenvalue weighted by Gasteiger charge is -2.30. The second-order valence-corrected chi connectivity index (χ2v) is 9.70. The topological polar surface area (TPSA) is 42.0 Å². The van der Waals surface area contributed by atoms with E-state index in [4.69, 9.17) is 32.7 Å². The van der Waals surface area contributed by atoms with Crippen LogP contribution in [-0.2, 0) is 4.79 Å². The summed E-state index contributed by atoms with van der Waals surface area (Å²) in [5.41, 5.74) is 3.19. The van der Waals surface area contributed by atoms with Crippen molar-refractivity contribution in [1.82, 2.24) is 4.90 Å². The Morgan fingerprint density at radius 2 is 1.76 bits per heavy atom. The van der Waals surface area contributed by atoms with Gasteiger partial charge in [-0.2, -0.15) is 0 Å². The molecule has 0 aliphatic carbocycles. The molecule has 0 aromatic heterocycles. The van der Waals surface area contributed by atoms with Crippen LogP contribution >= 0.6 is 35.6 Å². The fourth-order valence-electron chi connectivity index (χ4n) is 4.45. The highest BCUT2D eigenvalue weighted by molar-refractivity contribution is 6.42. The van der Waals surface area contributed by atoms with Crippen LogP contribution in [0.2, 0.25) is 10.0 Å². The average molecular weight is 526 g/mol. The smallest absolute Gasteiger partial charge is 0.259 e. The van der Waals surface area contributed by atoms with Crippen molar-refractivity contribution in [2.45, 2.75) is 26.7 Å². The lowest BCUT2D eigenvalue weighted by molar-refractivity contribution is -0.112. The van der Waals surface area contributed by atoms with Crippen LogP contribution in [0.3, 0.4) is 0 Å². The van der Waals surface area contributed by atoms with Gasteiger partial charge in [0, 0.05) is 30.4 Å². The Labute approximate surface area is 218 Å². The van der Waals surface area contributed by atoms with Gasteiger partial charge in [0.1, 0.15) is 6.61 Å². The Morgan fingerprint density at radius 3 is 2.44 bits per heavy atom. The molecule has 1 saturated heterocycles. The summed E-state index contributed by atoms with van der Waals surface area (Å²) >= 11 is 12.2. The molecule has 2 heterocycles. The molecule has 34 heavy (non-hydrogen) atoms. The molecule has 8 heteroatoms. The van der Waals surface area contributed by atoms with Gasteiger partial charge in [-0.25, -0.2) is 0 Å². The van der Waals surface area contributed by atoms with Crippen LogP contribution in [0.15, 0.2) is 42.0 Å². The maximum atomic E-state index is 13.3. The molecule has 2 aromatic rings. The second-order valence-electron chi connectivity index (χ2n) is 8.88. The van der Waals surface area contributed by atoms with Gasteiger partial charge in [-0.05, 0) is 74.2 Å². The first-order valence-electron chi connectivity index (χ1n) is 11.4. The summed E-state index contributed by atoms with van der Waals surface area (Å²) in [6.07, 6.45) is 2.48. The number of hydrogen-bond donors (Lipinski definition) is 0. The molecule has 1 fully saturated rings. The van der Waals surface area contributed by atoms with E-state index in [2.05, 4.69) is 11.8 Å². The highest BCUT2D eigenvalue weighted by Crippen LogP contribution is 2.37. The molecule has 184 valence electrons. The average Bonchev–Trinajstić information content (AvgIpc) is 3.11. The predicted octanol–water partition coefficient (Wildman–Crippen LogP) is 6.35. The molecule has 2 aliphatic rings. The summed E-state index contributed by atoms with van der Waals surface area (Å²) in [6.45, 7) is 8.48. The Kier molecular flexibility index (Phi) is 9.16. The molecule has 4 rings (SSSR count). The van der Waals surface area contributed by atoms with E-state index in [1.807, 2.05) is 31.2 Å². The number of benzene rings is 2. The monoisotopic (exact) mass is 524 g/mol. The zero-order chi connectivity index (χ0) is 23.5. The van der Waals surface area contributed by atoms with Crippen LogP contribution < -0.4 is 14.4 Å². The Morgan fingerprint density at radius 1 is 1.03 bits per heavy atom. The minimum Gasteiger partial charge on any atom is -0.493 e. The van der Waals surface area contributed by atoms with Gasteiger partial charge in [-0.15, -0.1) is 12.4 Å². The van der Waals surface area contributed by atoms with Crippen molar-refractivity contribution in [2.75, 3.05) is 44.8 Å². The van der Waals surface area contributed by atoms with Gasteiger partial charge in [0.2, 0.25) is 0 Å². The fraction of sp³-hybridized carbons (Fsp3) is 0.423. The van der Waals surface area contributed by atoms with Crippen LogP contribution in [0.25, 0.3) is 5.57 Å². The molecule has 0 spiro atoms. The molecule has 5 nitrogen and oxygen atoms in total. The Balaban J connectivity index is 0.00000324. The second kappa shape index (κ2) is 11.7. The van der Waals surface area contributed by atoms with Gasteiger partial charge in [0.05, 0.1) is 17.2 Å². The number of amides is 1. The van der Waals surface area contributed by atoms with Gasteiger partial charge in [0.15, 0.2) is 11.5 Å². The SMILES string of the molecule is COc1ccc(N2CC(C)=C(c3ccc(Cl)c(Cl)c3)C2=O)cc1OCCN1CCC(C)CC1.Cl. The molecule has 1 amide bonds. The molecule has 0 unspecified atom stereocenters. The third kappa shape index (κ3) is 5.83. The summed E-state index contributed by atoms with van der Waals surface area (Å²) in [7, 11) is 1.63. The van der Waals surface area contributed by atoms with E-state index >= 15 is 0 Å². The number of carbonyl (C=O) groups is 1.